The molecule has 0 bridgehead atoms. The molecule has 0 aromatic heterocycles. The lowest BCUT2D eigenvalue weighted by molar-refractivity contribution is -0.155. The molecule has 1 aromatic carbocycles. The minimum Gasteiger partial charge on any atom is -0.464 e. The molecule has 1 saturated carbocycles. The number of ether oxygens (including phenoxy) is 2. The van der Waals surface area contributed by atoms with Crippen molar-refractivity contribution in [3.8, 4) is 0 Å². The number of aliphatic hydroxyl groups excluding tert-OH is 1. The van der Waals surface area contributed by atoms with Crippen LogP contribution in [0.1, 0.15) is 38.2 Å². The van der Waals surface area contributed by atoms with E-state index >= 15 is 0 Å². The average molecular weight is 392 g/mol. The minimum atomic E-state index is -1.36. The van der Waals surface area contributed by atoms with E-state index in [2.05, 4.69) is 10.6 Å². The molecular formula is C20H28N2O6. The monoisotopic (exact) mass is 392 g/mol. The van der Waals surface area contributed by atoms with Crippen LogP contribution in [0.2, 0.25) is 0 Å². The molecule has 8 heteroatoms. The lowest BCUT2D eigenvalue weighted by Gasteiger charge is -2.22. The second kappa shape index (κ2) is 11.3. The van der Waals surface area contributed by atoms with Gasteiger partial charge in [-0.05, 0) is 37.7 Å². The molecule has 8 nitrogen and oxygen atoms in total. The van der Waals surface area contributed by atoms with E-state index < -0.39 is 24.2 Å². The molecule has 1 aromatic rings. The molecule has 2 atom stereocenters. The van der Waals surface area contributed by atoms with Crippen molar-refractivity contribution in [2.75, 3.05) is 13.2 Å². The Balaban J connectivity index is 1.63. The van der Waals surface area contributed by atoms with E-state index in [4.69, 9.17) is 9.47 Å². The Kier molecular flexibility index (Phi) is 8.74. The van der Waals surface area contributed by atoms with Gasteiger partial charge in [-0.1, -0.05) is 30.3 Å². The normalized spacial score (nSPS) is 15.2. The highest BCUT2D eigenvalue weighted by Gasteiger charge is 2.40. The molecular weight excluding hydrogens is 364 g/mol. The Morgan fingerprint density at radius 2 is 1.89 bits per heavy atom. The third-order valence-electron chi connectivity index (χ3n) is 4.39. The Morgan fingerprint density at radius 3 is 2.54 bits per heavy atom. The summed E-state index contributed by atoms with van der Waals surface area (Å²) < 4.78 is 9.91. The highest BCUT2D eigenvalue weighted by atomic mass is 16.6. The third-order valence-corrected chi connectivity index (χ3v) is 4.39. The maximum Gasteiger partial charge on any atom is 0.407 e. The fourth-order valence-electron chi connectivity index (χ4n) is 2.76. The summed E-state index contributed by atoms with van der Waals surface area (Å²) in [5, 5.41) is 15.4. The van der Waals surface area contributed by atoms with E-state index in [0.717, 1.165) is 18.4 Å². The second-order valence-corrected chi connectivity index (χ2v) is 6.72. The van der Waals surface area contributed by atoms with Crippen molar-refractivity contribution < 1.29 is 29.0 Å². The summed E-state index contributed by atoms with van der Waals surface area (Å²) in [7, 11) is 0. The molecule has 0 saturated heterocycles. The lowest BCUT2D eigenvalue weighted by Crippen LogP contribution is -2.49. The van der Waals surface area contributed by atoms with Gasteiger partial charge >= 0.3 is 12.1 Å². The summed E-state index contributed by atoms with van der Waals surface area (Å²) in [5.41, 5.74) is 0.892. The van der Waals surface area contributed by atoms with Crippen molar-refractivity contribution >= 4 is 18.0 Å². The zero-order valence-electron chi connectivity index (χ0n) is 16.1. The van der Waals surface area contributed by atoms with Crippen LogP contribution in [0.25, 0.3) is 0 Å². The van der Waals surface area contributed by atoms with Crippen molar-refractivity contribution in [1.29, 1.82) is 0 Å². The first-order valence-corrected chi connectivity index (χ1v) is 9.60. The first-order chi connectivity index (χ1) is 13.5. The fourth-order valence-corrected chi connectivity index (χ4v) is 2.76. The number of aliphatic hydroxyl groups is 1. The largest absolute Gasteiger partial charge is 0.464 e. The quantitative estimate of drug-likeness (QED) is 0.389. The topological polar surface area (TPSA) is 114 Å². The maximum absolute atomic E-state index is 12.1. The highest BCUT2D eigenvalue weighted by molar-refractivity contribution is 5.80. The summed E-state index contributed by atoms with van der Waals surface area (Å²) in [5.74, 6) is -0.906. The molecule has 1 fully saturated rings. The number of alkyl carbamates (subject to hydrolysis) is 1. The van der Waals surface area contributed by atoms with Crippen LogP contribution in [0.15, 0.2) is 30.3 Å². The van der Waals surface area contributed by atoms with E-state index in [-0.39, 0.29) is 38.0 Å². The van der Waals surface area contributed by atoms with Gasteiger partial charge in [-0.3, -0.25) is 4.79 Å². The van der Waals surface area contributed by atoms with Crippen molar-refractivity contribution in [3.63, 3.8) is 0 Å². The van der Waals surface area contributed by atoms with Gasteiger partial charge in [0.25, 0.3) is 0 Å². The Bertz CT molecular complexity index is 647. The smallest absolute Gasteiger partial charge is 0.407 e. The van der Waals surface area contributed by atoms with Gasteiger partial charge in [0.1, 0.15) is 6.61 Å². The van der Waals surface area contributed by atoms with Gasteiger partial charge in [0, 0.05) is 13.0 Å². The highest BCUT2D eigenvalue weighted by Crippen LogP contribution is 2.34. The SMILES string of the molecule is CCOC(=O)[C@@H](O)[C@@H](NC(=O)CCCNC(=O)OCc1ccccc1)C1CC1. The molecule has 0 radical (unpaired) electrons. The number of carbonyl (C=O) groups excluding carboxylic acids is 3. The van der Waals surface area contributed by atoms with E-state index in [0.29, 0.717) is 6.42 Å². The van der Waals surface area contributed by atoms with Crippen LogP contribution in [-0.4, -0.2) is 48.4 Å². The molecule has 154 valence electrons. The molecule has 2 amide bonds. The number of rotatable bonds is 11. The average Bonchev–Trinajstić information content (AvgIpc) is 3.53. The number of benzene rings is 1. The van der Waals surface area contributed by atoms with Crippen LogP contribution in [0, 0.1) is 5.92 Å². The molecule has 1 aliphatic rings. The molecule has 0 heterocycles. The Labute approximate surface area is 164 Å². The van der Waals surface area contributed by atoms with E-state index in [1.807, 2.05) is 30.3 Å². The number of hydrogen-bond acceptors (Lipinski definition) is 6. The predicted octanol–water partition coefficient (Wildman–Crippen LogP) is 1.51. The summed E-state index contributed by atoms with van der Waals surface area (Å²) in [6.45, 7) is 2.30. The predicted molar refractivity (Wildman–Crippen MR) is 101 cm³/mol. The summed E-state index contributed by atoms with van der Waals surface area (Å²) in [4.78, 5) is 35.5. The van der Waals surface area contributed by atoms with Gasteiger partial charge in [-0.15, -0.1) is 0 Å². The van der Waals surface area contributed by atoms with Crippen LogP contribution >= 0.6 is 0 Å². The molecule has 3 N–H and O–H groups in total. The van der Waals surface area contributed by atoms with Crippen molar-refractivity contribution in [2.24, 2.45) is 5.92 Å². The van der Waals surface area contributed by atoms with Gasteiger partial charge < -0.3 is 25.2 Å². The number of carbonyl (C=O) groups is 3. The molecule has 1 aliphatic carbocycles. The van der Waals surface area contributed by atoms with E-state index in [1.54, 1.807) is 6.92 Å². The number of esters is 1. The van der Waals surface area contributed by atoms with Gasteiger partial charge in [0.15, 0.2) is 6.10 Å². The number of nitrogens with one attached hydrogen (secondary N) is 2. The second-order valence-electron chi connectivity index (χ2n) is 6.72. The number of hydrogen-bond donors (Lipinski definition) is 3. The maximum atomic E-state index is 12.1. The Hall–Kier alpha value is -2.61. The molecule has 0 spiro atoms. The van der Waals surface area contributed by atoms with Crippen molar-refractivity contribution in [1.82, 2.24) is 10.6 Å². The first kappa shape index (κ1) is 21.7. The lowest BCUT2D eigenvalue weighted by atomic mass is 10.1. The third kappa shape index (κ3) is 7.56. The standard InChI is InChI=1S/C20H28N2O6/c1-2-27-19(25)18(24)17(15-10-11-15)22-16(23)9-6-12-21-20(26)28-13-14-7-4-3-5-8-14/h3-5,7-8,15,17-18,24H,2,6,9-13H2,1H3,(H,21,26)(H,22,23)/t17-,18-/m0/s1. The van der Waals surface area contributed by atoms with Gasteiger partial charge in [0.2, 0.25) is 5.91 Å². The Morgan fingerprint density at radius 1 is 1.18 bits per heavy atom. The van der Waals surface area contributed by atoms with Crippen LogP contribution in [-0.2, 0) is 25.7 Å². The van der Waals surface area contributed by atoms with E-state index in [1.165, 1.54) is 0 Å². The van der Waals surface area contributed by atoms with Gasteiger partial charge in [-0.25, -0.2) is 9.59 Å². The van der Waals surface area contributed by atoms with Crippen LogP contribution in [0.5, 0.6) is 0 Å². The number of amides is 2. The molecule has 0 aliphatic heterocycles. The van der Waals surface area contributed by atoms with Crippen LogP contribution in [0.4, 0.5) is 4.79 Å². The van der Waals surface area contributed by atoms with Crippen molar-refractivity contribution in [2.45, 2.75) is 51.4 Å². The summed E-state index contributed by atoms with van der Waals surface area (Å²) in [6, 6.07) is 8.70. The zero-order chi connectivity index (χ0) is 20.4. The van der Waals surface area contributed by atoms with Gasteiger partial charge in [-0.2, -0.15) is 0 Å². The molecule has 28 heavy (non-hydrogen) atoms. The fraction of sp³-hybridized carbons (Fsp3) is 0.550. The van der Waals surface area contributed by atoms with Crippen LogP contribution < -0.4 is 10.6 Å². The zero-order valence-corrected chi connectivity index (χ0v) is 16.1. The van der Waals surface area contributed by atoms with Crippen LogP contribution in [0.3, 0.4) is 0 Å². The molecule has 2 rings (SSSR count). The summed E-state index contributed by atoms with van der Waals surface area (Å²) >= 11 is 0. The summed E-state index contributed by atoms with van der Waals surface area (Å²) in [6.07, 6.45) is 0.393. The first-order valence-electron chi connectivity index (χ1n) is 9.60. The van der Waals surface area contributed by atoms with Crippen molar-refractivity contribution in [3.05, 3.63) is 35.9 Å². The minimum absolute atomic E-state index is 0.0921. The molecule has 0 unspecified atom stereocenters. The van der Waals surface area contributed by atoms with E-state index in [9.17, 15) is 19.5 Å². The van der Waals surface area contributed by atoms with Gasteiger partial charge in [0.05, 0.1) is 12.6 Å².